The minimum Gasteiger partial charge on any atom is -0.480 e. The number of hydrogen-bond donors (Lipinski definition) is 1. The summed E-state index contributed by atoms with van der Waals surface area (Å²) in [5.74, 6) is 0.122. The molecule has 0 aliphatic carbocycles. The van der Waals surface area contributed by atoms with E-state index in [2.05, 4.69) is 14.9 Å². The smallest absolute Gasteiger partial charge is 0.326 e. The average Bonchev–Trinajstić information content (AvgIpc) is 2.96. The number of ether oxygens (including phenoxy) is 1. The molecule has 3 rings (SSSR count). The van der Waals surface area contributed by atoms with Gasteiger partial charge in [0.2, 0.25) is 5.91 Å². The van der Waals surface area contributed by atoms with Crippen molar-refractivity contribution in [2.75, 3.05) is 31.6 Å². The number of carbonyl (C=O) groups excluding carboxylic acids is 1. The SMILES string of the molecule is COc1nccnc1N1CCC2(CC1)C[C@@H](C(=O)O)N(C(C)=O)C2. The van der Waals surface area contributed by atoms with Crippen LogP contribution in [0.3, 0.4) is 0 Å². The number of anilines is 1. The van der Waals surface area contributed by atoms with E-state index < -0.39 is 12.0 Å². The molecule has 2 saturated heterocycles. The quantitative estimate of drug-likeness (QED) is 0.872. The predicted octanol–water partition coefficient (Wildman–Crippen LogP) is 0.777. The van der Waals surface area contributed by atoms with Crippen molar-refractivity contribution < 1.29 is 19.4 Å². The number of aromatic nitrogens is 2. The Morgan fingerprint density at radius 1 is 1.29 bits per heavy atom. The Morgan fingerprint density at radius 2 is 1.96 bits per heavy atom. The van der Waals surface area contributed by atoms with Crippen LogP contribution in [0.1, 0.15) is 26.2 Å². The van der Waals surface area contributed by atoms with Crippen LogP contribution < -0.4 is 9.64 Å². The average molecular weight is 334 g/mol. The van der Waals surface area contributed by atoms with E-state index in [4.69, 9.17) is 4.74 Å². The van der Waals surface area contributed by atoms with Crippen molar-refractivity contribution in [2.24, 2.45) is 5.41 Å². The third kappa shape index (κ3) is 2.88. The number of rotatable bonds is 3. The molecule has 2 aliphatic rings. The number of piperidine rings is 1. The summed E-state index contributed by atoms with van der Waals surface area (Å²) in [6, 6.07) is -0.708. The van der Waals surface area contributed by atoms with Crippen molar-refractivity contribution in [2.45, 2.75) is 32.2 Å². The van der Waals surface area contributed by atoms with Gasteiger partial charge in [0.15, 0.2) is 5.82 Å². The van der Waals surface area contributed by atoms with Gasteiger partial charge in [0, 0.05) is 39.0 Å². The Kier molecular flexibility index (Phi) is 4.29. The predicted molar refractivity (Wildman–Crippen MR) is 85.9 cm³/mol. The number of aliphatic carboxylic acids is 1. The fourth-order valence-electron chi connectivity index (χ4n) is 3.84. The van der Waals surface area contributed by atoms with Crippen molar-refractivity contribution in [1.82, 2.24) is 14.9 Å². The van der Waals surface area contributed by atoms with Gasteiger partial charge >= 0.3 is 5.97 Å². The van der Waals surface area contributed by atoms with Crippen molar-refractivity contribution in [3.05, 3.63) is 12.4 Å². The van der Waals surface area contributed by atoms with Crippen LogP contribution in [-0.4, -0.2) is 64.6 Å². The van der Waals surface area contributed by atoms with Crippen LogP contribution >= 0.6 is 0 Å². The summed E-state index contributed by atoms with van der Waals surface area (Å²) < 4.78 is 5.27. The van der Waals surface area contributed by atoms with E-state index in [1.54, 1.807) is 19.5 Å². The lowest BCUT2D eigenvalue weighted by molar-refractivity contribution is -0.147. The summed E-state index contributed by atoms with van der Waals surface area (Å²) in [6.45, 7) is 3.44. The van der Waals surface area contributed by atoms with Crippen LogP contribution in [-0.2, 0) is 9.59 Å². The highest BCUT2D eigenvalue weighted by molar-refractivity contribution is 5.83. The topological polar surface area (TPSA) is 95.9 Å². The molecule has 0 radical (unpaired) electrons. The lowest BCUT2D eigenvalue weighted by Gasteiger charge is -2.39. The number of hydrogen-bond acceptors (Lipinski definition) is 6. The molecule has 8 heteroatoms. The van der Waals surface area contributed by atoms with Gasteiger partial charge in [-0.25, -0.2) is 14.8 Å². The molecule has 0 aromatic carbocycles. The Labute approximate surface area is 140 Å². The lowest BCUT2D eigenvalue weighted by atomic mass is 9.76. The van der Waals surface area contributed by atoms with Gasteiger partial charge in [0.05, 0.1) is 7.11 Å². The first-order valence-electron chi connectivity index (χ1n) is 8.06. The normalized spacial score (nSPS) is 22.7. The summed E-state index contributed by atoms with van der Waals surface area (Å²) in [6.07, 6.45) is 5.39. The van der Waals surface area contributed by atoms with E-state index in [1.165, 1.54) is 11.8 Å². The zero-order chi connectivity index (χ0) is 17.3. The molecule has 130 valence electrons. The van der Waals surface area contributed by atoms with Crippen molar-refractivity contribution in [3.63, 3.8) is 0 Å². The first kappa shape index (κ1) is 16.5. The molecule has 0 bridgehead atoms. The number of carbonyl (C=O) groups is 2. The molecule has 2 fully saturated rings. The Bertz CT molecular complexity index is 619. The Hall–Kier alpha value is -2.38. The summed E-state index contributed by atoms with van der Waals surface area (Å²) >= 11 is 0. The molecule has 1 spiro atoms. The first-order valence-corrected chi connectivity index (χ1v) is 8.06. The fraction of sp³-hybridized carbons (Fsp3) is 0.625. The molecule has 0 unspecified atom stereocenters. The number of likely N-dealkylation sites (tertiary alicyclic amines) is 1. The second-order valence-electron chi connectivity index (χ2n) is 6.58. The number of methoxy groups -OCH3 is 1. The van der Waals surface area contributed by atoms with Gasteiger partial charge < -0.3 is 19.6 Å². The maximum atomic E-state index is 11.8. The number of amides is 1. The fourth-order valence-corrected chi connectivity index (χ4v) is 3.84. The second kappa shape index (κ2) is 6.26. The number of carboxylic acids is 1. The molecule has 1 N–H and O–H groups in total. The van der Waals surface area contributed by atoms with Crippen LogP contribution in [0.4, 0.5) is 5.82 Å². The van der Waals surface area contributed by atoms with Gasteiger partial charge in [-0.3, -0.25) is 4.79 Å². The molecule has 1 aromatic heterocycles. The highest BCUT2D eigenvalue weighted by atomic mass is 16.5. The van der Waals surface area contributed by atoms with E-state index in [0.717, 1.165) is 25.9 Å². The molecule has 24 heavy (non-hydrogen) atoms. The third-order valence-electron chi connectivity index (χ3n) is 5.16. The Morgan fingerprint density at radius 3 is 2.50 bits per heavy atom. The summed E-state index contributed by atoms with van der Waals surface area (Å²) in [4.78, 5) is 35.4. The van der Waals surface area contributed by atoms with Crippen LogP contribution in [0.2, 0.25) is 0 Å². The third-order valence-corrected chi connectivity index (χ3v) is 5.16. The van der Waals surface area contributed by atoms with Crippen LogP contribution in [0.25, 0.3) is 0 Å². The van der Waals surface area contributed by atoms with Crippen molar-refractivity contribution in [3.8, 4) is 5.88 Å². The van der Waals surface area contributed by atoms with E-state index in [-0.39, 0.29) is 11.3 Å². The number of carboxylic acid groups (broad SMARTS) is 1. The van der Waals surface area contributed by atoms with E-state index in [0.29, 0.717) is 24.7 Å². The minimum absolute atomic E-state index is 0.124. The molecule has 1 amide bonds. The van der Waals surface area contributed by atoms with Gasteiger partial charge in [-0.05, 0) is 24.7 Å². The van der Waals surface area contributed by atoms with Gasteiger partial charge in [-0.2, -0.15) is 0 Å². The maximum absolute atomic E-state index is 11.8. The van der Waals surface area contributed by atoms with Gasteiger partial charge in [-0.1, -0.05) is 0 Å². The monoisotopic (exact) mass is 334 g/mol. The highest BCUT2D eigenvalue weighted by Gasteiger charge is 2.49. The van der Waals surface area contributed by atoms with E-state index in [9.17, 15) is 14.7 Å². The van der Waals surface area contributed by atoms with Crippen molar-refractivity contribution >= 4 is 17.7 Å². The molecular formula is C16H22N4O4. The lowest BCUT2D eigenvalue weighted by Crippen LogP contribution is -2.42. The molecule has 2 aliphatic heterocycles. The summed E-state index contributed by atoms with van der Waals surface area (Å²) in [5.41, 5.74) is -0.124. The van der Waals surface area contributed by atoms with Gasteiger partial charge in [0.25, 0.3) is 5.88 Å². The van der Waals surface area contributed by atoms with Crippen LogP contribution in [0.5, 0.6) is 5.88 Å². The molecule has 1 atom stereocenters. The molecule has 0 saturated carbocycles. The molecular weight excluding hydrogens is 312 g/mol. The Balaban J connectivity index is 1.73. The molecule has 3 heterocycles. The van der Waals surface area contributed by atoms with E-state index >= 15 is 0 Å². The summed E-state index contributed by atoms with van der Waals surface area (Å²) in [7, 11) is 1.57. The molecule has 1 aromatic rings. The zero-order valence-electron chi connectivity index (χ0n) is 13.9. The van der Waals surface area contributed by atoms with Crippen LogP contribution in [0, 0.1) is 5.41 Å². The van der Waals surface area contributed by atoms with Crippen molar-refractivity contribution in [1.29, 1.82) is 0 Å². The largest absolute Gasteiger partial charge is 0.480 e. The number of nitrogens with zero attached hydrogens (tertiary/aromatic N) is 4. The minimum atomic E-state index is -0.917. The van der Waals surface area contributed by atoms with Gasteiger partial charge in [0.1, 0.15) is 6.04 Å². The standard InChI is InChI=1S/C16H22N4O4/c1-11(21)20-10-16(9-12(20)15(22)23)3-7-19(8-4-16)13-14(24-2)18-6-5-17-13/h5-6,12H,3-4,7-10H2,1-2H3,(H,22,23)/t12-/m0/s1. The van der Waals surface area contributed by atoms with Crippen LogP contribution in [0.15, 0.2) is 12.4 Å². The summed E-state index contributed by atoms with van der Waals surface area (Å²) in [5, 5.41) is 9.41. The van der Waals surface area contributed by atoms with Gasteiger partial charge in [-0.15, -0.1) is 0 Å². The molecule has 8 nitrogen and oxygen atoms in total. The zero-order valence-corrected chi connectivity index (χ0v) is 13.9. The second-order valence-corrected chi connectivity index (χ2v) is 6.58. The first-order chi connectivity index (χ1) is 11.5. The maximum Gasteiger partial charge on any atom is 0.326 e. The highest BCUT2D eigenvalue weighted by Crippen LogP contribution is 2.44. The van der Waals surface area contributed by atoms with E-state index in [1.807, 2.05) is 0 Å².